The number of benzene rings is 3. The van der Waals surface area contributed by atoms with Crippen molar-refractivity contribution in [2.45, 2.75) is 57.5 Å². The Morgan fingerprint density at radius 1 is 0.976 bits per heavy atom. The predicted octanol–water partition coefficient (Wildman–Crippen LogP) is 7.64. The van der Waals surface area contributed by atoms with E-state index in [1.165, 1.54) is 0 Å². The molecule has 1 unspecified atom stereocenters. The van der Waals surface area contributed by atoms with E-state index in [4.69, 9.17) is 16.3 Å². The second-order valence-electron chi connectivity index (χ2n) is 10.7. The van der Waals surface area contributed by atoms with E-state index in [0.29, 0.717) is 35.1 Å². The number of anilines is 3. The van der Waals surface area contributed by atoms with Gasteiger partial charge in [-0.2, -0.15) is 0 Å². The zero-order valence-corrected chi connectivity index (χ0v) is 23.7. The van der Waals surface area contributed by atoms with Gasteiger partial charge in [-0.05, 0) is 67.5 Å². The van der Waals surface area contributed by atoms with Crippen LogP contribution in [0.3, 0.4) is 0 Å². The van der Waals surface area contributed by atoms with Crippen LogP contribution in [0.4, 0.5) is 25.8 Å². The molecule has 1 aliphatic heterocycles. The van der Waals surface area contributed by atoms with Crippen LogP contribution in [0.2, 0.25) is 5.02 Å². The highest BCUT2D eigenvalue weighted by Crippen LogP contribution is 2.49. The second-order valence-corrected chi connectivity index (χ2v) is 11.2. The lowest BCUT2D eigenvalue weighted by Crippen LogP contribution is -2.54. The Hall–Kier alpha value is -3.65. The van der Waals surface area contributed by atoms with E-state index >= 15 is 0 Å². The summed E-state index contributed by atoms with van der Waals surface area (Å²) in [5.41, 5.74) is 1.92. The highest BCUT2D eigenvalue weighted by molar-refractivity contribution is 6.30. The third-order valence-corrected chi connectivity index (χ3v) is 8.29. The molecule has 216 valence electrons. The number of carbonyl (C=O) groups excluding carboxylic acids is 2. The maximum Gasteiger partial charge on any atom is 0.306 e. The molecule has 1 heterocycles. The van der Waals surface area contributed by atoms with Crippen molar-refractivity contribution in [1.29, 1.82) is 0 Å². The van der Waals surface area contributed by atoms with Gasteiger partial charge in [-0.25, -0.2) is 8.78 Å². The third kappa shape index (κ3) is 6.32. The number of hydrogen-bond acceptors (Lipinski definition) is 5. The smallest absolute Gasteiger partial charge is 0.306 e. The molecule has 0 aromatic heterocycles. The fourth-order valence-electron chi connectivity index (χ4n) is 6.09. The van der Waals surface area contributed by atoms with E-state index in [1.54, 1.807) is 19.1 Å². The van der Waals surface area contributed by atoms with Gasteiger partial charge in [0.05, 0.1) is 23.9 Å². The molecular formula is C32H34ClF2N3O3. The Kier molecular flexibility index (Phi) is 8.78. The number of fused-ring (bicyclic) bond motifs is 1. The summed E-state index contributed by atoms with van der Waals surface area (Å²) in [5, 5.41) is 10.4. The van der Waals surface area contributed by atoms with E-state index < -0.39 is 23.2 Å². The van der Waals surface area contributed by atoms with Gasteiger partial charge in [-0.15, -0.1) is 0 Å². The first-order chi connectivity index (χ1) is 19.8. The summed E-state index contributed by atoms with van der Waals surface area (Å²) in [7, 11) is 0. The van der Waals surface area contributed by atoms with E-state index in [9.17, 15) is 18.4 Å². The molecular weight excluding hydrogens is 548 g/mol. The lowest BCUT2D eigenvalue weighted by Gasteiger charge is -2.43. The van der Waals surface area contributed by atoms with Crippen LogP contribution in [0.1, 0.15) is 56.6 Å². The highest BCUT2D eigenvalue weighted by atomic mass is 35.5. The summed E-state index contributed by atoms with van der Waals surface area (Å²) in [6, 6.07) is 16.8. The lowest BCUT2D eigenvalue weighted by molar-refractivity contribution is -0.143. The van der Waals surface area contributed by atoms with Gasteiger partial charge in [-0.1, -0.05) is 55.1 Å². The Bertz CT molecular complexity index is 1360. The molecule has 0 bridgehead atoms. The van der Waals surface area contributed by atoms with Crippen molar-refractivity contribution in [3.8, 4) is 0 Å². The van der Waals surface area contributed by atoms with Crippen LogP contribution in [-0.4, -0.2) is 18.5 Å². The quantitative estimate of drug-likeness (QED) is 0.226. The standard InChI is InChI=1S/C32H34ClF2N3O3/c1-2-41-29(39)17-10-20-8-15-24(16-9-20)36-31(40)30(21-6-4-3-5-7-21)32(22-11-13-23(33)14-12-22)37-27-18-25(34)26(35)19-28(27)38-32/h8-9,11-16,18-19,21,30,37-38H,2-7,10,17H2,1H3,(H,36,40). The number of aryl methyl sites for hydroxylation is 1. The van der Waals surface area contributed by atoms with Crippen molar-refractivity contribution >= 4 is 40.5 Å². The van der Waals surface area contributed by atoms with Gasteiger partial charge in [0.1, 0.15) is 5.66 Å². The molecule has 9 heteroatoms. The maximum atomic E-state index is 14.3. The summed E-state index contributed by atoms with van der Waals surface area (Å²) in [5.74, 6) is -3.01. The predicted molar refractivity (Wildman–Crippen MR) is 157 cm³/mol. The molecule has 2 aliphatic rings. The third-order valence-electron chi connectivity index (χ3n) is 8.04. The fourth-order valence-corrected chi connectivity index (χ4v) is 6.21. The van der Waals surface area contributed by atoms with Gasteiger partial charge >= 0.3 is 5.97 Å². The van der Waals surface area contributed by atoms with Crippen molar-refractivity contribution in [2.24, 2.45) is 11.8 Å². The average molecular weight is 582 g/mol. The van der Waals surface area contributed by atoms with Crippen LogP contribution in [0.5, 0.6) is 0 Å². The molecule has 1 amide bonds. The number of rotatable bonds is 9. The highest BCUT2D eigenvalue weighted by Gasteiger charge is 2.52. The molecule has 1 fully saturated rings. The zero-order chi connectivity index (χ0) is 29.0. The molecule has 1 aliphatic carbocycles. The van der Waals surface area contributed by atoms with Crippen LogP contribution >= 0.6 is 11.6 Å². The molecule has 1 saturated carbocycles. The molecule has 3 aromatic rings. The molecule has 3 N–H and O–H groups in total. The van der Waals surface area contributed by atoms with E-state index in [0.717, 1.165) is 55.4 Å². The minimum absolute atomic E-state index is 0.00675. The van der Waals surface area contributed by atoms with E-state index in [1.807, 2.05) is 36.4 Å². The van der Waals surface area contributed by atoms with Crippen molar-refractivity contribution < 1.29 is 23.1 Å². The molecule has 5 rings (SSSR count). The number of ether oxygens (including phenoxy) is 1. The van der Waals surface area contributed by atoms with Gasteiger partial charge in [0.2, 0.25) is 5.91 Å². The van der Waals surface area contributed by atoms with Gasteiger partial charge in [0.25, 0.3) is 0 Å². The Morgan fingerprint density at radius 3 is 2.17 bits per heavy atom. The Labute approximate surface area is 243 Å². The van der Waals surface area contributed by atoms with Crippen molar-refractivity contribution in [3.05, 3.63) is 88.4 Å². The Morgan fingerprint density at radius 2 is 1.59 bits per heavy atom. The molecule has 0 radical (unpaired) electrons. The van der Waals surface area contributed by atoms with E-state index in [2.05, 4.69) is 16.0 Å². The first-order valence-electron chi connectivity index (χ1n) is 14.2. The largest absolute Gasteiger partial charge is 0.466 e. The minimum Gasteiger partial charge on any atom is -0.466 e. The first-order valence-corrected chi connectivity index (χ1v) is 14.5. The summed E-state index contributed by atoms with van der Waals surface area (Å²) in [6.45, 7) is 2.13. The number of hydrogen-bond donors (Lipinski definition) is 3. The van der Waals surface area contributed by atoms with Gasteiger partial charge < -0.3 is 20.7 Å². The number of carbonyl (C=O) groups is 2. The lowest BCUT2D eigenvalue weighted by atomic mass is 9.71. The monoisotopic (exact) mass is 581 g/mol. The van der Waals surface area contributed by atoms with Gasteiger partial charge in [0, 0.05) is 29.3 Å². The van der Waals surface area contributed by atoms with Crippen molar-refractivity contribution in [1.82, 2.24) is 0 Å². The van der Waals surface area contributed by atoms with Gasteiger partial charge in [-0.3, -0.25) is 9.59 Å². The summed E-state index contributed by atoms with van der Waals surface area (Å²) < 4.78 is 33.6. The van der Waals surface area contributed by atoms with Crippen molar-refractivity contribution in [2.75, 3.05) is 22.6 Å². The van der Waals surface area contributed by atoms with Gasteiger partial charge in [0.15, 0.2) is 11.6 Å². The first kappa shape index (κ1) is 28.9. The van der Waals surface area contributed by atoms with Crippen LogP contribution in [-0.2, 0) is 26.4 Å². The van der Waals surface area contributed by atoms with Crippen LogP contribution in [0.25, 0.3) is 0 Å². The molecule has 3 aromatic carbocycles. The average Bonchev–Trinajstić information content (AvgIpc) is 3.32. The number of esters is 1. The summed E-state index contributed by atoms with van der Waals surface area (Å²) in [4.78, 5) is 26.0. The Balaban J connectivity index is 1.47. The minimum atomic E-state index is -1.17. The maximum absolute atomic E-state index is 14.3. The molecule has 41 heavy (non-hydrogen) atoms. The fraction of sp³-hybridized carbons (Fsp3) is 0.375. The van der Waals surface area contributed by atoms with E-state index in [-0.39, 0.29) is 24.2 Å². The number of halogens is 3. The van der Waals surface area contributed by atoms with Crippen LogP contribution < -0.4 is 16.0 Å². The van der Waals surface area contributed by atoms with Crippen LogP contribution in [0.15, 0.2) is 60.7 Å². The molecule has 6 nitrogen and oxygen atoms in total. The number of nitrogens with one attached hydrogen (secondary N) is 3. The normalized spacial score (nSPS) is 16.7. The SMILES string of the molecule is CCOC(=O)CCc1ccc(NC(=O)C(C2CCCCC2)C2(c3ccc(Cl)cc3)Nc3cc(F)c(F)cc3N2)cc1. The van der Waals surface area contributed by atoms with Crippen molar-refractivity contribution in [3.63, 3.8) is 0 Å². The molecule has 1 atom stereocenters. The number of amides is 1. The zero-order valence-electron chi connectivity index (χ0n) is 22.9. The van der Waals surface area contributed by atoms with Crippen LogP contribution in [0, 0.1) is 23.5 Å². The second kappa shape index (κ2) is 12.5. The molecule has 0 saturated heterocycles. The summed E-state index contributed by atoms with van der Waals surface area (Å²) >= 11 is 6.22. The molecule has 0 spiro atoms. The summed E-state index contributed by atoms with van der Waals surface area (Å²) in [6.07, 6.45) is 5.62. The topological polar surface area (TPSA) is 79.5 Å².